The van der Waals surface area contributed by atoms with Crippen LogP contribution in [0.2, 0.25) is 0 Å². The second-order valence-electron chi connectivity index (χ2n) is 8.04. The van der Waals surface area contributed by atoms with Crippen molar-refractivity contribution in [2.75, 3.05) is 12.0 Å². The van der Waals surface area contributed by atoms with E-state index in [0.717, 1.165) is 15.6 Å². The molecule has 0 amide bonds. The number of benzene rings is 2. The summed E-state index contributed by atoms with van der Waals surface area (Å²) in [5.74, 6) is 0.845. The highest BCUT2D eigenvalue weighted by atomic mass is 79.9. The molecule has 4 aromatic rings. The van der Waals surface area contributed by atoms with Gasteiger partial charge in [-0.15, -0.1) is 0 Å². The standard InChI is InChI=1S/C25H25BrN6O4/c1-16-8-6-7-11-20(16)36-15-18(33)14-32-21-22(31(2)25(35)29-23(21)34)28-24(32)30-27-13-12-19(26)17-9-4-3-5-10-17/h3-13,18,33H,14-15H2,1-2H3,(H,28,30)(H,29,34,35)/b19-12-,27-13+/t18-/m1/s1. The van der Waals surface area contributed by atoms with Crippen LogP contribution in [-0.4, -0.2) is 43.1 Å². The number of aliphatic hydroxyl groups is 1. The van der Waals surface area contributed by atoms with Gasteiger partial charge in [-0.1, -0.05) is 64.5 Å². The first-order valence-corrected chi connectivity index (χ1v) is 11.9. The number of H-pyrrole nitrogens is 1. The Morgan fingerprint density at radius 1 is 1.22 bits per heavy atom. The molecule has 186 valence electrons. The van der Waals surface area contributed by atoms with E-state index in [1.165, 1.54) is 22.4 Å². The molecule has 0 bridgehead atoms. The number of aliphatic hydroxyl groups excluding tert-OH is 1. The number of nitrogens with one attached hydrogen (secondary N) is 2. The van der Waals surface area contributed by atoms with Gasteiger partial charge in [0.15, 0.2) is 11.2 Å². The summed E-state index contributed by atoms with van der Waals surface area (Å²) in [5.41, 5.74) is 3.81. The molecule has 0 saturated carbocycles. The molecule has 0 radical (unpaired) electrons. The van der Waals surface area contributed by atoms with Crippen molar-refractivity contribution in [1.82, 2.24) is 19.1 Å². The molecule has 1 atom stereocenters. The predicted molar refractivity (Wildman–Crippen MR) is 144 cm³/mol. The lowest BCUT2D eigenvalue weighted by atomic mass is 10.2. The van der Waals surface area contributed by atoms with Crippen molar-refractivity contribution in [3.05, 3.63) is 92.6 Å². The molecular formula is C25H25BrN6O4. The van der Waals surface area contributed by atoms with Gasteiger partial charge < -0.3 is 14.4 Å². The monoisotopic (exact) mass is 552 g/mol. The molecule has 0 unspecified atom stereocenters. The van der Waals surface area contributed by atoms with Crippen LogP contribution in [0.25, 0.3) is 15.6 Å². The first-order valence-electron chi connectivity index (χ1n) is 11.1. The number of fused-ring (bicyclic) bond motifs is 1. The molecule has 11 heteroatoms. The van der Waals surface area contributed by atoms with E-state index < -0.39 is 17.4 Å². The summed E-state index contributed by atoms with van der Waals surface area (Å²) in [6.07, 6.45) is 2.31. The fourth-order valence-corrected chi connectivity index (χ4v) is 3.94. The van der Waals surface area contributed by atoms with Crippen LogP contribution in [0.1, 0.15) is 11.1 Å². The van der Waals surface area contributed by atoms with Crippen molar-refractivity contribution in [2.45, 2.75) is 19.6 Å². The summed E-state index contributed by atoms with van der Waals surface area (Å²) in [7, 11) is 1.50. The number of para-hydroxylation sites is 1. The molecular weight excluding hydrogens is 528 g/mol. The van der Waals surface area contributed by atoms with Gasteiger partial charge in [0.25, 0.3) is 5.56 Å². The lowest BCUT2D eigenvalue weighted by molar-refractivity contribution is 0.0935. The quantitative estimate of drug-likeness (QED) is 0.216. The lowest BCUT2D eigenvalue weighted by Gasteiger charge is -2.16. The molecule has 0 saturated heterocycles. The van der Waals surface area contributed by atoms with Gasteiger partial charge in [0.05, 0.1) is 6.54 Å². The number of hydrazone groups is 1. The maximum atomic E-state index is 12.6. The minimum Gasteiger partial charge on any atom is -0.491 e. The zero-order valence-electron chi connectivity index (χ0n) is 19.7. The summed E-state index contributed by atoms with van der Waals surface area (Å²) in [4.78, 5) is 31.4. The number of allylic oxidation sites excluding steroid dienone is 1. The molecule has 0 aliphatic rings. The first-order chi connectivity index (χ1) is 17.3. The largest absolute Gasteiger partial charge is 0.491 e. The Morgan fingerprint density at radius 2 is 1.94 bits per heavy atom. The first kappa shape index (κ1) is 25.1. The van der Waals surface area contributed by atoms with Crippen LogP contribution in [-0.2, 0) is 13.6 Å². The number of rotatable bonds is 9. The normalized spacial score (nSPS) is 12.8. The highest BCUT2D eigenvalue weighted by molar-refractivity contribution is 9.15. The SMILES string of the molecule is Cc1ccccc1OC[C@H](O)Cn1c(N/N=C/C=C(\Br)c2ccccc2)nc2c1c(=O)[nH]c(=O)n2C. The summed E-state index contributed by atoms with van der Waals surface area (Å²) >= 11 is 3.51. The van der Waals surface area contributed by atoms with Crippen LogP contribution in [0.4, 0.5) is 5.95 Å². The molecule has 0 spiro atoms. The summed E-state index contributed by atoms with van der Waals surface area (Å²) in [6, 6.07) is 17.2. The van der Waals surface area contributed by atoms with Gasteiger partial charge in [0, 0.05) is 17.7 Å². The number of aryl methyl sites for hydroxylation is 2. The van der Waals surface area contributed by atoms with Gasteiger partial charge in [-0.25, -0.2) is 10.2 Å². The van der Waals surface area contributed by atoms with E-state index >= 15 is 0 Å². The molecule has 10 nitrogen and oxygen atoms in total. The summed E-state index contributed by atoms with van der Waals surface area (Å²) in [6.45, 7) is 1.88. The van der Waals surface area contributed by atoms with E-state index in [-0.39, 0.29) is 30.3 Å². The molecule has 36 heavy (non-hydrogen) atoms. The highest BCUT2D eigenvalue weighted by Gasteiger charge is 2.20. The molecule has 2 heterocycles. The Labute approximate surface area is 214 Å². The average Bonchev–Trinajstić information content (AvgIpc) is 3.23. The molecule has 0 aliphatic heterocycles. The van der Waals surface area contributed by atoms with E-state index in [1.54, 1.807) is 6.08 Å². The Hall–Kier alpha value is -3.96. The number of halogens is 1. The Kier molecular flexibility index (Phi) is 7.81. The van der Waals surface area contributed by atoms with Crippen LogP contribution in [0.3, 0.4) is 0 Å². The van der Waals surface area contributed by atoms with E-state index in [4.69, 9.17) is 4.74 Å². The van der Waals surface area contributed by atoms with E-state index in [1.807, 2.05) is 61.5 Å². The van der Waals surface area contributed by atoms with Crippen molar-refractivity contribution in [1.29, 1.82) is 0 Å². The maximum Gasteiger partial charge on any atom is 0.329 e. The van der Waals surface area contributed by atoms with Crippen LogP contribution >= 0.6 is 15.9 Å². The molecule has 0 aliphatic carbocycles. The van der Waals surface area contributed by atoms with Crippen molar-refractivity contribution < 1.29 is 9.84 Å². The van der Waals surface area contributed by atoms with Gasteiger partial charge in [-0.05, 0) is 30.2 Å². The summed E-state index contributed by atoms with van der Waals surface area (Å²) < 4.78 is 9.28. The molecule has 4 rings (SSSR count). The van der Waals surface area contributed by atoms with Crippen molar-refractivity contribution in [2.24, 2.45) is 12.1 Å². The smallest absolute Gasteiger partial charge is 0.329 e. The number of hydrogen-bond donors (Lipinski definition) is 3. The number of ether oxygens (including phenoxy) is 1. The van der Waals surface area contributed by atoms with E-state index in [2.05, 4.69) is 36.4 Å². The highest BCUT2D eigenvalue weighted by Crippen LogP contribution is 2.20. The second kappa shape index (κ2) is 11.2. The Morgan fingerprint density at radius 3 is 2.69 bits per heavy atom. The van der Waals surface area contributed by atoms with Crippen LogP contribution in [0.5, 0.6) is 5.75 Å². The van der Waals surface area contributed by atoms with Crippen LogP contribution < -0.4 is 21.4 Å². The fourth-order valence-electron chi connectivity index (χ4n) is 3.56. The Balaban J connectivity index is 1.59. The number of hydrogen-bond acceptors (Lipinski definition) is 7. The molecule has 2 aromatic carbocycles. The lowest BCUT2D eigenvalue weighted by Crippen LogP contribution is -2.30. The number of aromatic nitrogens is 4. The van der Waals surface area contributed by atoms with Crippen LogP contribution in [0, 0.1) is 6.92 Å². The maximum absolute atomic E-state index is 12.6. The average molecular weight is 553 g/mol. The zero-order valence-corrected chi connectivity index (χ0v) is 21.3. The minimum absolute atomic E-state index is 0.0103. The summed E-state index contributed by atoms with van der Waals surface area (Å²) in [5, 5.41) is 14.9. The van der Waals surface area contributed by atoms with Gasteiger partial charge >= 0.3 is 5.69 Å². The number of aromatic amines is 1. The van der Waals surface area contributed by atoms with Crippen molar-refractivity contribution in [3.8, 4) is 5.75 Å². The van der Waals surface area contributed by atoms with Gasteiger partial charge in [-0.3, -0.25) is 14.3 Å². The van der Waals surface area contributed by atoms with Crippen LogP contribution in [0.15, 0.2) is 75.4 Å². The second-order valence-corrected chi connectivity index (χ2v) is 8.89. The predicted octanol–water partition coefficient (Wildman–Crippen LogP) is 3.01. The molecule has 0 fully saturated rings. The number of imidazole rings is 1. The Bertz CT molecular complexity index is 1540. The van der Waals surface area contributed by atoms with E-state index in [9.17, 15) is 14.7 Å². The fraction of sp³-hybridized carbons (Fsp3) is 0.200. The molecule has 3 N–H and O–H groups in total. The zero-order chi connectivity index (χ0) is 25.7. The third-order valence-corrected chi connectivity index (χ3v) is 6.16. The topological polar surface area (TPSA) is 127 Å². The van der Waals surface area contributed by atoms with Crippen molar-refractivity contribution >= 4 is 43.7 Å². The van der Waals surface area contributed by atoms with Crippen molar-refractivity contribution in [3.63, 3.8) is 0 Å². The number of nitrogens with zero attached hydrogens (tertiary/aromatic N) is 4. The minimum atomic E-state index is -0.977. The third-order valence-electron chi connectivity index (χ3n) is 5.43. The van der Waals surface area contributed by atoms with E-state index in [0.29, 0.717) is 5.75 Å². The van der Waals surface area contributed by atoms with Gasteiger partial charge in [0.2, 0.25) is 5.95 Å². The third kappa shape index (κ3) is 5.64. The van der Waals surface area contributed by atoms with Gasteiger partial charge in [-0.2, -0.15) is 10.1 Å². The molecule has 2 aromatic heterocycles. The number of anilines is 1. The van der Waals surface area contributed by atoms with Gasteiger partial charge in [0.1, 0.15) is 18.5 Å².